The maximum Gasteiger partial charge on any atom is 0.220 e. The summed E-state index contributed by atoms with van der Waals surface area (Å²) in [4.78, 5) is 13.0. The summed E-state index contributed by atoms with van der Waals surface area (Å²) in [5, 5.41) is 54.2. The Morgan fingerprint density at radius 1 is 0.485 bits per heavy atom. The molecule has 0 aromatic heterocycles. The second-order valence-corrected chi connectivity index (χ2v) is 21.2. The molecule has 0 aliphatic carbocycles. The molecule has 7 atom stereocenters. The highest BCUT2D eigenvalue weighted by atomic mass is 16.7. The Labute approximate surface area is 420 Å². The van der Waals surface area contributed by atoms with Gasteiger partial charge in [-0.25, -0.2) is 0 Å². The number of amides is 1. The zero-order valence-electron chi connectivity index (χ0n) is 44.9. The monoisotopic (exact) mass is 966 g/mol. The van der Waals surface area contributed by atoms with E-state index in [1.165, 1.54) is 244 Å². The number of allylic oxidation sites excluding steroid dienone is 1. The first-order chi connectivity index (χ1) is 33.3. The molecule has 9 heteroatoms. The molecule has 1 rings (SSSR count). The van der Waals surface area contributed by atoms with Crippen molar-refractivity contribution in [2.75, 3.05) is 13.2 Å². The molecule has 0 bridgehead atoms. The molecule has 7 unspecified atom stereocenters. The molecule has 1 aliphatic heterocycles. The van der Waals surface area contributed by atoms with Crippen molar-refractivity contribution in [3.63, 3.8) is 0 Å². The van der Waals surface area contributed by atoms with Gasteiger partial charge in [-0.2, -0.15) is 0 Å². The number of hydrogen-bond acceptors (Lipinski definition) is 8. The van der Waals surface area contributed by atoms with Gasteiger partial charge in [-0.05, 0) is 19.3 Å². The highest BCUT2D eigenvalue weighted by molar-refractivity contribution is 5.76. The molecule has 1 aliphatic rings. The molecule has 404 valence electrons. The molecular formula is C59H115NO8. The third-order valence-corrected chi connectivity index (χ3v) is 14.6. The molecule has 0 aromatic rings. The molecule has 0 saturated carbocycles. The van der Waals surface area contributed by atoms with E-state index < -0.39 is 49.5 Å². The number of ether oxygens (including phenoxy) is 2. The number of carbonyl (C=O) groups is 1. The van der Waals surface area contributed by atoms with Crippen molar-refractivity contribution < 1.29 is 39.8 Å². The van der Waals surface area contributed by atoms with Gasteiger partial charge in [-0.3, -0.25) is 4.79 Å². The molecule has 9 nitrogen and oxygen atoms in total. The Kier molecular flexibility index (Phi) is 47.3. The third-order valence-electron chi connectivity index (χ3n) is 14.6. The number of aliphatic hydroxyl groups excluding tert-OH is 5. The summed E-state index contributed by atoms with van der Waals surface area (Å²) in [6.07, 6.45) is 54.8. The Morgan fingerprint density at radius 2 is 0.809 bits per heavy atom. The van der Waals surface area contributed by atoms with Crippen LogP contribution in [0.15, 0.2) is 12.2 Å². The van der Waals surface area contributed by atoms with E-state index in [1.54, 1.807) is 6.08 Å². The number of hydrogen-bond donors (Lipinski definition) is 6. The Hall–Kier alpha value is -1.07. The van der Waals surface area contributed by atoms with Crippen LogP contribution in [0.5, 0.6) is 0 Å². The lowest BCUT2D eigenvalue weighted by Gasteiger charge is -2.40. The zero-order chi connectivity index (χ0) is 49.4. The number of carbonyl (C=O) groups excluding carboxylic acids is 1. The predicted molar refractivity (Wildman–Crippen MR) is 286 cm³/mol. The fraction of sp³-hybridized carbons (Fsp3) is 0.949. The van der Waals surface area contributed by atoms with Gasteiger partial charge in [-0.15, -0.1) is 0 Å². The first-order valence-electron chi connectivity index (χ1n) is 29.9. The minimum Gasteiger partial charge on any atom is -0.394 e. The molecule has 0 spiro atoms. The molecule has 1 amide bonds. The van der Waals surface area contributed by atoms with Crippen molar-refractivity contribution in [1.29, 1.82) is 0 Å². The van der Waals surface area contributed by atoms with Crippen LogP contribution in [-0.2, 0) is 14.3 Å². The van der Waals surface area contributed by atoms with Crippen molar-refractivity contribution in [3.8, 4) is 0 Å². The summed E-state index contributed by atoms with van der Waals surface area (Å²) in [5.41, 5.74) is 0. The van der Waals surface area contributed by atoms with Crippen molar-refractivity contribution in [1.82, 2.24) is 5.32 Å². The van der Waals surface area contributed by atoms with Crippen LogP contribution >= 0.6 is 0 Å². The van der Waals surface area contributed by atoms with Crippen molar-refractivity contribution in [2.24, 2.45) is 0 Å². The quantitative estimate of drug-likeness (QED) is 0.0261. The van der Waals surface area contributed by atoms with Crippen LogP contribution in [0.1, 0.15) is 303 Å². The average Bonchev–Trinajstić information content (AvgIpc) is 3.34. The van der Waals surface area contributed by atoms with Crippen LogP contribution < -0.4 is 5.32 Å². The van der Waals surface area contributed by atoms with E-state index in [1.807, 2.05) is 6.08 Å². The first kappa shape index (κ1) is 64.9. The molecule has 1 fully saturated rings. The minimum absolute atomic E-state index is 0.173. The van der Waals surface area contributed by atoms with Gasteiger partial charge < -0.3 is 40.3 Å². The second-order valence-electron chi connectivity index (χ2n) is 21.2. The van der Waals surface area contributed by atoms with Gasteiger partial charge in [0.25, 0.3) is 0 Å². The summed E-state index contributed by atoms with van der Waals surface area (Å²) in [7, 11) is 0. The number of nitrogens with one attached hydrogen (secondary N) is 1. The van der Waals surface area contributed by atoms with Crippen LogP contribution in [0.3, 0.4) is 0 Å². The van der Waals surface area contributed by atoms with E-state index in [9.17, 15) is 30.3 Å². The summed E-state index contributed by atoms with van der Waals surface area (Å²) in [5.74, 6) is -0.173. The fourth-order valence-corrected chi connectivity index (χ4v) is 9.87. The van der Waals surface area contributed by atoms with Crippen LogP contribution in [-0.4, -0.2) is 87.5 Å². The van der Waals surface area contributed by atoms with E-state index in [2.05, 4.69) is 19.2 Å². The Bertz CT molecular complexity index is 1080. The van der Waals surface area contributed by atoms with E-state index in [0.717, 1.165) is 38.5 Å². The van der Waals surface area contributed by atoms with E-state index in [4.69, 9.17) is 9.47 Å². The SMILES string of the molecule is CCCCCCCCC/C=C/C(O)C(COC1OC(CO)C(O)C(O)C1O)NC(=O)CCCCCCCCCCCCCCCCCCCCCCCCCCCCCCCCCCCCCC. The highest BCUT2D eigenvalue weighted by Gasteiger charge is 2.44. The van der Waals surface area contributed by atoms with E-state index in [0.29, 0.717) is 6.42 Å². The van der Waals surface area contributed by atoms with Gasteiger partial charge in [0, 0.05) is 6.42 Å². The number of aliphatic hydroxyl groups is 5. The van der Waals surface area contributed by atoms with Crippen molar-refractivity contribution in [2.45, 2.75) is 346 Å². The van der Waals surface area contributed by atoms with Gasteiger partial charge in [0.05, 0.1) is 25.4 Å². The van der Waals surface area contributed by atoms with Crippen molar-refractivity contribution in [3.05, 3.63) is 12.2 Å². The lowest BCUT2D eigenvalue weighted by atomic mass is 9.99. The summed E-state index contributed by atoms with van der Waals surface area (Å²) >= 11 is 0. The molecule has 0 aromatic carbocycles. The van der Waals surface area contributed by atoms with Crippen molar-refractivity contribution >= 4 is 5.91 Å². The normalized spacial score (nSPS) is 19.5. The molecule has 1 heterocycles. The van der Waals surface area contributed by atoms with Crippen LogP contribution in [0.4, 0.5) is 0 Å². The summed E-state index contributed by atoms with van der Waals surface area (Å²) < 4.78 is 11.2. The maximum atomic E-state index is 13.0. The molecule has 6 N–H and O–H groups in total. The van der Waals surface area contributed by atoms with Gasteiger partial charge in [0.2, 0.25) is 5.91 Å². The first-order valence-corrected chi connectivity index (χ1v) is 29.9. The minimum atomic E-state index is -1.56. The summed E-state index contributed by atoms with van der Waals surface area (Å²) in [6.45, 7) is 3.77. The molecule has 1 saturated heterocycles. The predicted octanol–water partition coefficient (Wildman–Crippen LogP) is 14.8. The second kappa shape index (κ2) is 49.5. The molecular weight excluding hydrogens is 851 g/mol. The lowest BCUT2D eigenvalue weighted by molar-refractivity contribution is -0.302. The number of rotatable bonds is 52. The van der Waals surface area contributed by atoms with Crippen LogP contribution in [0, 0.1) is 0 Å². The zero-order valence-corrected chi connectivity index (χ0v) is 44.9. The van der Waals surface area contributed by atoms with Crippen LogP contribution in [0.2, 0.25) is 0 Å². The van der Waals surface area contributed by atoms with Gasteiger partial charge in [0.15, 0.2) is 6.29 Å². The van der Waals surface area contributed by atoms with Gasteiger partial charge >= 0.3 is 0 Å². The summed E-state index contributed by atoms with van der Waals surface area (Å²) in [6, 6.07) is -0.798. The molecule has 68 heavy (non-hydrogen) atoms. The smallest absolute Gasteiger partial charge is 0.220 e. The van der Waals surface area contributed by atoms with Crippen LogP contribution in [0.25, 0.3) is 0 Å². The number of unbranched alkanes of at least 4 members (excludes halogenated alkanes) is 42. The lowest BCUT2D eigenvalue weighted by Crippen LogP contribution is -2.60. The third kappa shape index (κ3) is 38.6. The fourth-order valence-electron chi connectivity index (χ4n) is 9.87. The highest BCUT2D eigenvalue weighted by Crippen LogP contribution is 2.23. The average molecular weight is 967 g/mol. The topological polar surface area (TPSA) is 149 Å². The largest absolute Gasteiger partial charge is 0.394 e. The Morgan fingerprint density at radius 3 is 1.15 bits per heavy atom. The van der Waals surface area contributed by atoms with Gasteiger partial charge in [-0.1, -0.05) is 289 Å². The Balaban J connectivity index is 2.00. The van der Waals surface area contributed by atoms with E-state index >= 15 is 0 Å². The standard InChI is InChI=1S/C59H115NO8/c1-3-5-7-9-11-13-14-15-16-17-18-19-20-21-22-23-24-25-26-27-28-29-30-31-32-33-34-35-36-37-38-39-41-43-45-47-49-55(63)60-52(53(62)48-46-44-42-40-12-10-8-6-4-2)51-67-59-58(66)57(65)56(64)54(50-61)68-59/h46,48,52-54,56-59,61-62,64-66H,3-45,47,49-51H2,1-2H3,(H,60,63)/b48-46+. The molecule has 0 radical (unpaired) electrons. The van der Waals surface area contributed by atoms with E-state index in [-0.39, 0.29) is 12.5 Å². The van der Waals surface area contributed by atoms with Gasteiger partial charge in [0.1, 0.15) is 24.4 Å². The maximum absolute atomic E-state index is 13.0.